The maximum atomic E-state index is 12.8. The van der Waals surface area contributed by atoms with Crippen LogP contribution in [0.4, 0.5) is 10.1 Å². The zero-order valence-electron chi connectivity index (χ0n) is 9.96. The van der Waals surface area contributed by atoms with Gasteiger partial charge in [-0.3, -0.25) is 0 Å². The molecule has 1 rings (SSSR count). The Balaban J connectivity index is 2.86. The molecule has 0 unspecified atom stereocenters. The number of halogens is 1. The van der Waals surface area contributed by atoms with Gasteiger partial charge in [0.2, 0.25) is 0 Å². The predicted molar refractivity (Wildman–Crippen MR) is 68.2 cm³/mol. The van der Waals surface area contributed by atoms with Crippen molar-refractivity contribution in [1.82, 2.24) is 0 Å². The molecule has 0 saturated heterocycles. The van der Waals surface area contributed by atoms with Crippen molar-refractivity contribution in [2.45, 2.75) is 13.8 Å². The van der Waals surface area contributed by atoms with Gasteiger partial charge in [0, 0.05) is 18.8 Å². The lowest BCUT2D eigenvalue weighted by atomic mass is 10.2. The van der Waals surface area contributed by atoms with Crippen LogP contribution in [0.25, 0.3) is 0 Å². The van der Waals surface area contributed by atoms with Crippen molar-refractivity contribution in [2.75, 3.05) is 18.0 Å². The van der Waals surface area contributed by atoms with Crippen LogP contribution >= 0.6 is 0 Å². The van der Waals surface area contributed by atoms with Gasteiger partial charge in [-0.25, -0.2) is 4.39 Å². The average molecular weight is 219 g/mol. The molecular weight excluding hydrogens is 201 g/mol. The fourth-order valence-electron chi connectivity index (χ4n) is 1.54. The summed E-state index contributed by atoms with van der Waals surface area (Å²) >= 11 is 0. The monoisotopic (exact) mass is 219 g/mol. The maximum Gasteiger partial charge on any atom is 0.123 e. The van der Waals surface area contributed by atoms with Gasteiger partial charge < -0.3 is 4.90 Å². The van der Waals surface area contributed by atoms with Crippen LogP contribution in [0.5, 0.6) is 0 Å². The van der Waals surface area contributed by atoms with E-state index in [-0.39, 0.29) is 5.82 Å². The van der Waals surface area contributed by atoms with E-state index < -0.39 is 0 Å². The van der Waals surface area contributed by atoms with Crippen LogP contribution in [0.2, 0.25) is 0 Å². The Kier molecular flexibility index (Phi) is 4.29. The summed E-state index contributed by atoms with van der Waals surface area (Å²) < 4.78 is 12.8. The fraction of sp³-hybridized carbons (Fsp3) is 0.286. The lowest BCUT2D eigenvalue weighted by molar-refractivity contribution is 0.627. The van der Waals surface area contributed by atoms with Crippen LogP contribution in [-0.2, 0) is 0 Å². The van der Waals surface area contributed by atoms with Crippen molar-refractivity contribution in [3.8, 4) is 0 Å². The standard InChI is InChI=1S/C14H18FN/c1-11(2)9-16(10-12(3)4)14-7-5-13(15)6-8-14/h5-8H,1,3,9-10H2,2,4H3. The summed E-state index contributed by atoms with van der Waals surface area (Å²) in [6, 6.07) is 6.50. The first-order valence-corrected chi connectivity index (χ1v) is 5.28. The van der Waals surface area contributed by atoms with Crippen LogP contribution in [0.3, 0.4) is 0 Å². The quantitative estimate of drug-likeness (QED) is 0.681. The molecule has 0 aliphatic heterocycles. The second kappa shape index (κ2) is 5.50. The molecule has 0 aliphatic rings. The summed E-state index contributed by atoms with van der Waals surface area (Å²) in [5, 5.41) is 0. The summed E-state index contributed by atoms with van der Waals surface area (Å²) in [4.78, 5) is 2.13. The predicted octanol–water partition coefficient (Wildman–Crippen LogP) is 3.78. The van der Waals surface area contributed by atoms with Crippen molar-refractivity contribution in [3.05, 3.63) is 54.4 Å². The smallest absolute Gasteiger partial charge is 0.123 e. The summed E-state index contributed by atoms with van der Waals surface area (Å²) in [6.45, 7) is 13.3. The minimum atomic E-state index is -0.214. The number of anilines is 1. The zero-order valence-corrected chi connectivity index (χ0v) is 9.96. The maximum absolute atomic E-state index is 12.8. The highest BCUT2D eigenvalue weighted by atomic mass is 19.1. The molecule has 0 saturated carbocycles. The molecule has 16 heavy (non-hydrogen) atoms. The van der Waals surface area contributed by atoms with Gasteiger partial charge >= 0.3 is 0 Å². The summed E-state index contributed by atoms with van der Waals surface area (Å²) in [7, 11) is 0. The van der Waals surface area contributed by atoms with Gasteiger partial charge in [0.05, 0.1) is 0 Å². The normalized spacial score (nSPS) is 9.94. The minimum Gasteiger partial charge on any atom is -0.364 e. The van der Waals surface area contributed by atoms with Crippen LogP contribution in [0, 0.1) is 5.82 Å². The highest BCUT2D eigenvalue weighted by Gasteiger charge is 2.06. The van der Waals surface area contributed by atoms with Gasteiger partial charge in [0.15, 0.2) is 0 Å². The van der Waals surface area contributed by atoms with E-state index in [0.29, 0.717) is 0 Å². The van der Waals surface area contributed by atoms with E-state index in [1.165, 1.54) is 12.1 Å². The molecule has 0 atom stereocenters. The summed E-state index contributed by atoms with van der Waals surface area (Å²) in [5.74, 6) is -0.214. The van der Waals surface area contributed by atoms with E-state index in [1.54, 1.807) is 12.1 Å². The number of hydrogen-bond acceptors (Lipinski definition) is 1. The second-order valence-electron chi connectivity index (χ2n) is 4.25. The van der Waals surface area contributed by atoms with Crippen molar-refractivity contribution in [3.63, 3.8) is 0 Å². The third kappa shape index (κ3) is 3.89. The molecule has 0 N–H and O–H groups in total. The molecule has 0 fully saturated rings. The van der Waals surface area contributed by atoms with Gasteiger partial charge in [-0.15, -0.1) is 0 Å². The molecule has 1 nitrogen and oxygen atoms in total. The molecule has 0 radical (unpaired) electrons. The molecule has 0 amide bonds. The number of benzene rings is 1. The molecule has 2 heteroatoms. The van der Waals surface area contributed by atoms with Crippen LogP contribution in [0.1, 0.15) is 13.8 Å². The van der Waals surface area contributed by atoms with Crippen LogP contribution in [-0.4, -0.2) is 13.1 Å². The Hall–Kier alpha value is -1.57. The van der Waals surface area contributed by atoms with E-state index in [1.807, 2.05) is 13.8 Å². The Morgan fingerprint density at radius 2 is 1.50 bits per heavy atom. The highest BCUT2D eigenvalue weighted by molar-refractivity contribution is 5.48. The van der Waals surface area contributed by atoms with E-state index in [4.69, 9.17) is 0 Å². The van der Waals surface area contributed by atoms with Crippen molar-refractivity contribution in [2.24, 2.45) is 0 Å². The summed E-state index contributed by atoms with van der Waals surface area (Å²) in [5.41, 5.74) is 3.14. The minimum absolute atomic E-state index is 0.214. The average Bonchev–Trinajstić information content (AvgIpc) is 2.16. The molecule has 0 bridgehead atoms. The lowest BCUT2D eigenvalue weighted by Gasteiger charge is -2.25. The van der Waals surface area contributed by atoms with Crippen molar-refractivity contribution >= 4 is 5.69 Å². The van der Waals surface area contributed by atoms with Gasteiger partial charge in [0.1, 0.15) is 5.82 Å². The molecule has 0 aliphatic carbocycles. The summed E-state index contributed by atoms with van der Waals surface area (Å²) in [6.07, 6.45) is 0. The zero-order chi connectivity index (χ0) is 12.1. The Morgan fingerprint density at radius 3 is 1.88 bits per heavy atom. The first-order chi connectivity index (χ1) is 7.49. The van der Waals surface area contributed by atoms with Gasteiger partial charge in [-0.1, -0.05) is 24.3 Å². The number of rotatable bonds is 5. The molecule has 86 valence electrons. The number of hydrogen-bond donors (Lipinski definition) is 0. The van der Waals surface area contributed by atoms with Gasteiger partial charge in [-0.05, 0) is 38.1 Å². The Labute approximate surface area is 96.9 Å². The second-order valence-corrected chi connectivity index (χ2v) is 4.25. The molecule has 1 aromatic rings. The van der Waals surface area contributed by atoms with E-state index >= 15 is 0 Å². The first-order valence-electron chi connectivity index (χ1n) is 5.28. The van der Waals surface area contributed by atoms with Gasteiger partial charge in [-0.2, -0.15) is 0 Å². The Morgan fingerprint density at radius 1 is 1.06 bits per heavy atom. The molecular formula is C14H18FN. The molecule has 0 heterocycles. The number of nitrogens with zero attached hydrogens (tertiary/aromatic N) is 1. The Bertz CT molecular complexity index is 362. The van der Waals surface area contributed by atoms with Crippen LogP contribution in [0.15, 0.2) is 48.6 Å². The molecule has 0 spiro atoms. The third-order valence-electron chi connectivity index (χ3n) is 2.11. The highest BCUT2D eigenvalue weighted by Crippen LogP contribution is 2.17. The van der Waals surface area contributed by atoms with Crippen molar-refractivity contribution < 1.29 is 4.39 Å². The first kappa shape index (κ1) is 12.5. The van der Waals surface area contributed by atoms with Crippen LogP contribution < -0.4 is 4.90 Å². The molecule has 0 aromatic heterocycles. The lowest BCUT2D eigenvalue weighted by Crippen LogP contribution is -2.26. The third-order valence-corrected chi connectivity index (χ3v) is 2.11. The van der Waals surface area contributed by atoms with E-state index in [9.17, 15) is 4.39 Å². The topological polar surface area (TPSA) is 3.24 Å². The molecule has 1 aromatic carbocycles. The fourth-order valence-corrected chi connectivity index (χ4v) is 1.54. The van der Waals surface area contributed by atoms with E-state index in [0.717, 1.165) is 29.9 Å². The largest absolute Gasteiger partial charge is 0.364 e. The van der Waals surface area contributed by atoms with Crippen molar-refractivity contribution in [1.29, 1.82) is 0 Å². The van der Waals surface area contributed by atoms with E-state index in [2.05, 4.69) is 18.1 Å². The SMILES string of the molecule is C=C(C)CN(CC(=C)C)c1ccc(F)cc1. The van der Waals surface area contributed by atoms with Gasteiger partial charge in [0.25, 0.3) is 0 Å².